The van der Waals surface area contributed by atoms with E-state index in [9.17, 15) is 4.79 Å². The zero-order valence-electron chi connectivity index (χ0n) is 9.67. The van der Waals surface area contributed by atoms with Gasteiger partial charge in [0.1, 0.15) is 0 Å². The highest BCUT2D eigenvalue weighted by Gasteiger charge is 2.07. The van der Waals surface area contributed by atoms with Crippen molar-refractivity contribution in [3.63, 3.8) is 0 Å². The number of hydrogen-bond acceptors (Lipinski definition) is 2. The van der Waals surface area contributed by atoms with E-state index >= 15 is 0 Å². The van der Waals surface area contributed by atoms with Crippen LogP contribution in [0.4, 0.5) is 0 Å². The molecule has 1 aromatic carbocycles. The molecule has 1 heterocycles. The molecule has 0 atom stereocenters. The first-order valence-electron chi connectivity index (χ1n) is 5.35. The van der Waals surface area contributed by atoms with Crippen molar-refractivity contribution in [1.82, 2.24) is 5.32 Å². The largest absolute Gasteiger partial charge is 0.347 e. The molecule has 1 aromatic heterocycles. The van der Waals surface area contributed by atoms with Gasteiger partial charge >= 0.3 is 0 Å². The molecule has 94 valence electrons. The number of halogens is 2. The summed E-state index contributed by atoms with van der Waals surface area (Å²) in [6.45, 7) is 2.46. The number of carbonyl (C=O) groups excluding carboxylic acids is 1. The SMILES string of the molecule is Cc1cc(C(=O)NCc2ccc(Cl)s2)ccc1Br. The number of thiophene rings is 1. The first-order chi connectivity index (χ1) is 8.56. The van der Waals surface area contributed by atoms with Crippen LogP contribution in [-0.2, 0) is 6.54 Å². The van der Waals surface area contributed by atoms with E-state index in [-0.39, 0.29) is 5.91 Å². The lowest BCUT2D eigenvalue weighted by atomic mass is 10.1. The van der Waals surface area contributed by atoms with Crippen molar-refractivity contribution < 1.29 is 4.79 Å². The molecule has 0 radical (unpaired) electrons. The molecule has 2 aromatic rings. The summed E-state index contributed by atoms with van der Waals surface area (Å²) in [6.07, 6.45) is 0. The van der Waals surface area contributed by atoms with Gasteiger partial charge in [-0.2, -0.15) is 0 Å². The van der Waals surface area contributed by atoms with Crippen LogP contribution in [-0.4, -0.2) is 5.91 Å². The highest BCUT2D eigenvalue weighted by molar-refractivity contribution is 9.10. The maximum Gasteiger partial charge on any atom is 0.251 e. The van der Waals surface area contributed by atoms with Crippen LogP contribution in [0.5, 0.6) is 0 Å². The van der Waals surface area contributed by atoms with E-state index in [4.69, 9.17) is 11.6 Å². The summed E-state index contributed by atoms with van der Waals surface area (Å²) < 4.78 is 1.74. The van der Waals surface area contributed by atoms with Crippen LogP contribution in [0.2, 0.25) is 4.34 Å². The van der Waals surface area contributed by atoms with Crippen molar-refractivity contribution in [1.29, 1.82) is 0 Å². The van der Waals surface area contributed by atoms with Crippen LogP contribution in [0, 0.1) is 6.92 Å². The Morgan fingerprint density at radius 2 is 2.17 bits per heavy atom. The smallest absolute Gasteiger partial charge is 0.251 e. The van der Waals surface area contributed by atoms with E-state index < -0.39 is 0 Å². The summed E-state index contributed by atoms with van der Waals surface area (Å²) in [5.41, 5.74) is 1.71. The highest BCUT2D eigenvalue weighted by Crippen LogP contribution is 2.21. The van der Waals surface area contributed by atoms with E-state index in [0.29, 0.717) is 12.1 Å². The molecule has 0 aliphatic carbocycles. The molecule has 0 unspecified atom stereocenters. The molecule has 0 spiro atoms. The van der Waals surface area contributed by atoms with E-state index in [1.165, 1.54) is 11.3 Å². The van der Waals surface area contributed by atoms with E-state index in [2.05, 4.69) is 21.2 Å². The van der Waals surface area contributed by atoms with Crippen LogP contribution in [0.3, 0.4) is 0 Å². The molecule has 0 saturated heterocycles. The van der Waals surface area contributed by atoms with E-state index in [1.807, 2.05) is 31.2 Å². The zero-order valence-corrected chi connectivity index (χ0v) is 12.8. The van der Waals surface area contributed by atoms with Gasteiger partial charge in [-0.15, -0.1) is 11.3 Å². The number of aryl methyl sites for hydroxylation is 1. The van der Waals surface area contributed by atoms with Crippen LogP contribution >= 0.6 is 38.9 Å². The molecule has 0 aliphatic heterocycles. The number of hydrogen-bond donors (Lipinski definition) is 1. The van der Waals surface area contributed by atoms with Crippen molar-refractivity contribution >= 4 is 44.8 Å². The molecule has 5 heteroatoms. The number of amides is 1. The average Bonchev–Trinajstić information content (AvgIpc) is 2.75. The monoisotopic (exact) mass is 343 g/mol. The normalized spacial score (nSPS) is 10.4. The lowest BCUT2D eigenvalue weighted by Gasteiger charge is -2.05. The van der Waals surface area contributed by atoms with Gasteiger partial charge < -0.3 is 5.32 Å². The van der Waals surface area contributed by atoms with Crippen molar-refractivity contribution in [3.05, 3.63) is 55.1 Å². The minimum Gasteiger partial charge on any atom is -0.347 e. The fourth-order valence-electron chi connectivity index (χ4n) is 1.50. The predicted octanol–water partition coefficient (Wildman–Crippen LogP) is 4.40. The van der Waals surface area contributed by atoms with Crippen molar-refractivity contribution in [2.75, 3.05) is 0 Å². The molecule has 1 N–H and O–H groups in total. The summed E-state index contributed by atoms with van der Waals surface area (Å²) in [5, 5.41) is 2.87. The van der Waals surface area contributed by atoms with E-state index in [1.54, 1.807) is 6.07 Å². The molecule has 0 aliphatic rings. The second-order valence-corrected chi connectivity index (χ2v) is 6.51. The molecule has 2 nitrogen and oxygen atoms in total. The van der Waals surface area contributed by atoms with Crippen LogP contribution in [0.25, 0.3) is 0 Å². The van der Waals surface area contributed by atoms with Gasteiger partial charge in [0, 0.05) is 14.9 Å². The minimum absolute atomic E-state index is 0.0740. The van der Waals surface area contributed by atoms with Crippen molar-refractivity contribution in [2.24, 2.45) is 0 Å². The lowest BCUT2D eigenvalue weighted by molar-refractivity contribution is 0.0951. The third kappa shape index (κ3) is 3.34. The molecule has 2 rings (SSSR count). The Morgan fingerprint density at radius 1 is 1.39 bits per heavy atom. The second kappa shape index (κ2) is 5.87. The third-order valence-electron chi connectivity index (χ3n) is 2.47. The van der Waals surface area contributed by atoms with Gasteiger partial charge in [0.15, 0.2) is 0 Å². The van der Waals surface area contributed by atoms with Gasteiger partial charge in [-0.1, -0.05) is 27.5 Å². The zero-order chi connectivity index (χ0) is 13.1. The van der Waals surface area contributed by atoms with Crippen molar-refractivity contribution in [3.8, 4) is 0 Å². The molecular formula is C13H11BrClNOS. The van der Waals surface area contributed by atoms with E-state index in [0.717, 1.165) is 19.2 Å². The average molecular weight is 345 g/mol. The van der Waals surface area contributed by atoms with Gasteiger partial charge in [0.2, 0.25) is 0 Å². The Morgan fingerprint density at radius 3 is 2.78 bits per heavy atom. The highest BCUT2D eigenvalue weighted by atomic mass is 79.9. The Kier molecular flexibility index (Phi) is 4.43. The van der Waals surface area contributed by atoms with Gasteiger partial charge in [0.25, 0.3) is 5.91 Å². The Labute approximate surface area is 123 Å². The molecule has 0 saturated carbocycles. The number of benzene rings is 1. The summed E-state index contributed by atoms with van der Waals surface area (Å²) in [4.78, 5) is 13.0. The van der Waals surface area contributed by atoms with Crippen LogP contribution < -0.4 is 5.32 Å². The summed E-state index contributed by atoms with van der Waals surface area (Å²) in [6, 6.07) is 9.29. The molecule has 0 bridgehead atoms. The fraction of sp³-hybridized carbons (Fsp3) is 0.154. The Balaban J connectivity index is 2.01. The van der Waals surface area contributed by atoms with Crippen molar-refractivity contribution in [2.45, 2.75) is 13.5 Å². The minimum atomic E-state index is -0.0740. The number of rotatable bonds is 3. The standard InChI is InChI=1S/C13H11BrClNOS/c1-8-6-9(2-4-11(8)14)13(17)16-7-10-3-5-12(15)18-10/h2-6H,7H2,1H3,(H,16,17). The van der Waals surface area contributed by atoms with Crippen LogP contribution in [0.1, 0.15) is 20.8 Å². The predicted molar refractivity (Wildman–Crippen MR) is 79.4 cm³/mol. The molecular weight excluding hydrogens is 334 g/mol. The topological polar surface area (TPSA) is 29.1 Å². The third-order valence-corrected chi connectivity index (χ3v) is 4.59. The first-order valence-corrected chi connectivity index (χ1v) is 7.33. The summed E-state index contributed by atoms with van der Waals surface area (Å²) >= 11 is 10.7. The first kappa shape index (κ1) is 13.6. The number of carbonyl (C=O) groups is 1. The fourth-order valence-corrected chi connectivity index (χ4v) is 2.78. The quantitative estimate of drug-likeness (QED) is 0.878. The van der Waals surface area contributed by atoms with Gasteiger partial charge in [-0.05, 0) is 42.8 Å². The molecule has 0 fully saturated rings. The molecule has 1 amide bonds. The maximum absolute atomic E-state index is 11.9. The summed E-state index contributed by atoms with van der Waals surface area (Å²) in [5.74, 6) is -0.0740. The number of nitrogens with one attached hydrogen (secondary N) is 1. The maximum atomic E-state index is 11.9. The Bertz CT molecular complexity index is 582. The van der Waals surface area contributed by atoms with Crippen LogP contribution in [0.15, 0.2) is 34.8 Å². The Hall–Kier alpha value is -0.840. The van der Waals surface area contributed by atoms with Gasteiger partial charge in [-0.3, -0.25) is 4.79 Å². The summed E-state index contributed by atoms with van der Waals surface area (Å²) in [7, 11) is 0. The second-order valence-electron chi connectivity index (χ2n) is 3.85. The molecule has 18 heavy (non-hydrogen) atoms. The van der Waals surface area contributed by atoms with Gasteiger partial charge in [0.05, 0.1) is 10.9 Å². The van der Waals surface area contributed by atoms with Gasteiger partial charge in [-0.25, -0.2) is 0 Å². The lowest BCUT2D eigenvalue weighted by Crippen LogP contribution is -2.22.